The lowest BCUT2D eigenvalue weighted by Gasteiger charge is -2.35. The van der Waals surface area contributed by atoms with Crippen molar-refractivity contribution in [3.8, 4) is 5.75 Å². The number of rotatable bonds is 3. The van der Waals surface area contributed by atoms with E-state index in [2.05, 4.69) is 5.32 Å². The van der Waals surface area contributed by atoms with Gasteiger partial charge in [-0.1, -0.05) is 12.1 Å². The molecule has 1 N–H and O–H groups in total. The van der Waals surface area contributed by atoms with Crippen LogP contribution in [-0.4, -0.2) is 42.3 Å². The molecule has 2 rings (SSSR count). The molecule has 1 saturated heterocycles. The van der Waals surface area contributed by atoms with Crippen LogP contribution in [0.25, 0.3) is 0 Å². The van der Waals surface area contributed by atoms with E-state index in [4.69, 9.17) is 9.47 Å². The summed E-state index contributed by atoms with van der Waals surface area (Å²) in [5.74, 6) is 0.864. The van der Waals surface area contributed by atoms with Crippen LogP contribution in [0.4, 0.5) is 4.79 Å². The highest BCUT2D eigenvalue weighted by Crippen LogP contribution is 2.22. The summed E-state index contributed by atoms with van der Waals surface area (Å²) in [5, 5.41) is 3.45. The van der Waals surface area contributed by atoms with E-state index in [1.807, 2.05) is 58.9 Å². The Morgan fingerprint density at radius 2 is 1.91 bits per heavy atom. The van der Waals surface area contributed by atoms with Gasteiger partial charge in [-0.25, -0.2) is 4.79 Å². The quantitative estimate of drug-likeness (QED) is 0.928. The van der Waals surface area contributed by atoms with E-state index in [9.17, 15) is 4.79 Å². The summed E-state index contributed by atoms with van der Waals surface area (Å²) in [7, 11) is 0. The van der Waals surface area contributed by atoms with Gasteiger partial charge in [-0.05, 0) is 52.3 Å². The maximum absolute atomic E-state index is 12.2. The molecule has 5 heteroatoms. The molecule has 0 aromatic heterocycles. The molecule has 5 nitrogen and oxygen atoms in total. The van der Waals surface area contributed by atoms with Gasteiger partial charge in [0.25, 0.3) is 0 Å². The van der Waals surface area contributed by atoms with Crippen LogP contribution in [0, 0.1) is 0 Å². The smallest absolute Gasteiger partial charge is 0.410 e. The first kappa shape index (κ1) is 17.6. The summed E-state index contributed by atoms with van der Waals surface area (Å²) >= 11 is 0. The molecule has 1 atom stereocenters. The Morgan fingerprint density at radius 1 is 1.26 bits per heavy atom. The summed E-state index contributed by atoms with van der Waals surface area (Å²) in [4.78, 5) is 14.0. The number of carbonyl (C=O) groups excluding carboxylic acids is 1. The Hall–Kier alpha value is -1.75. The molecule has 0 bridgehead atoms. The zero-order chi connectivity index (χ0) is 17.0. The van der Waals surface area contributed by atoms with Gasteiger partial charge in [0.1, 0.15) is 11.4 Å². The van der Waals surface area contributed by atoms with E-state index in [0.717, 1.165) is 17.9 Å². The van der Waals surface area contributed by atoms with E-state index < -0.39 is 5.60 Å². The first-order valence-electron chi connectivity index (χ1n) is 8.22. The van der Waals surface area contributed by atoms with Gasteiger partial charge >= 0.3 is 6.09 Å². The average molecular weight is 320 g/mol. The van der Waals surface area contributed by atoms with Crippen LogP contribution in [0.3, 0.4) is 0 Å². The summed E-state index contributed by atoms with van der Waals surface area (Å²) in [5.41, 5.74) is 0.683. The second-order valence-electron chi connectivity index (χ2n) is 7.17. The Bertz CT molecular complexity index is 520. The van der Waals surface area contributed by atoms with Gasteiger partial charge in [0.15, 0.2) is 0 Å². The lowest BCUT2D eigenvalue weighted by atomic mass is 10.0. The van der Waals surface area contributed by atoms with Crippen molar-refractivity contribution in [2.24, 2.45) is 0 Å². The minimum Gasteiger partial charge on any atom is -0.491 e. The van der Waals surface area contributed by atoms with Crippen LogP contribution in [0.15, 0.2) is 24.3 Å². The first-order valence-corrected chi connectivity index (χ1v) is 8.22. The molecule has 0 aliphatic carbocycles. The number of nitrogens with one attached hydrogen (secondary N) is 1. The van der Waals surface area contributed by atoms with Crippen LogP contribution in [0.1, 0.15) is 46.2 Å². The monoisotopic (exact) mass is 320 g/mol. The van der Waals surface area contributed by atoms with Crippen LogP contribution in [0.2, 0.25) is 0 Å². The van der Waals surface area contributed by atoms with Crippen LogP contribution in [0.5, 0.6) is 5.75 Å². The van der Waals surface area contributed by atoms with Crippen molar-refractivity contribution in [2.45, 2.75) is 52.4 Å². The molecule has 0 saturated carbocycles. The summed E-state index contributed by atoms with van der Waals surface area (Å²) in [6.07, 6.45) is -0.0833. The van der Waals surface area contributed by atoms with Crippen LogP contribution < -0.4 is 10.1 Å². The van der Waals surface area contributed by atoms with E-state index >= 15 is 0 Å². The summed E-state index contributed by atoms with van der Waals surface area (Å²) in [6.45, 7) is 11.7. The maximum Gasteiger partial charge on any atom is 0.410 e. The summed E-state index contributed by atoms with van der Waals surface area (Å²) in [6, 6.07) is 8.17. The molecule has 1 aromatic carbocycles. The molecule has 23 heavy (non-hydrogen) atoms. The fraction of sp³-hybridized carbons (Fsp3) is 0.611. The Kier molecular flexibility index (Phi) is 5.52. The SMILES string of the molecule is CC(C)Oc1ccc(C2CN(C(=O)OC(C)(C)C)CCN2)cc1. The van der Waals surface area contributed by atoms with Gasteiger partial charge in [0.05, 0.1) is 12.1 Å². The number of amides is 1. The van der Waals surface area contributed by atoms with E-state index in [1.165, 1.54) is 0 Å². The Labute approximate surface area is 139 Å². The highest BCUT2D eigenvalue weighted by Gasteiger charge is 2.28. The first-order chi connectivity index (χ1) is 10.7. The zero-order valence-corrected chi connectivity index (χ0v) is 14.8. The molecule has 1 aromatic rings. The van der Waals surface area contributed by atoms with Crippen molar-refractivity contribution in [1.82, 2.24) is 10.2 Å². The van der Waals surface area contributed by atoms with Crippen molar-refractivity contribution in [2.75, 3.05) is 19.6 Å². The summed E-state index contributed by atoms with van der Waals surface area (Å²) < 4.78 is 11.1. The van der Waals surface area contributed by atoms with E-state index in [0.29, 0.717) is 13.1 Å². The number of benzene rings is 1. The predicted molar refractivity (Wildman–Crippen MR) is 90.8 cm³/mol. The number of carbonyl (C=O) groups is 1. The highest BCUT2D eigenvalue weighted by atomic mass is 16.6. The predicted octanol–water partition coefficient (Wildman–Crippen LogP) is 3.36. The van der Waals surface area contributed by atoms with Gasteiger partial charge in [-0.2, -0.15) is 0 Å². The standard InChI is InChI=1S/C18H28N2O3/c1-13(2)22-15-8-6-14(7-9-15)16-12-20(11-10-19-16)17(21)23-18(3,4)5/h6-9,13,16,19H,10-12H2,1-5H3. The molecule has 1 unspecified atom stereocenters. The van der Waals surface area contributed by atoms with Gasteiger partial charge in [-0.15, -0.1) is 0 Å². The number of piperazine rings is 1. The minimum atomic E-state index is -0.465. The molecule has 0 spiro atoms. The Morgan fingerprint density at radius 3 is 2.48 bits per heavy atom. The molecule has 0 radical (unpaired) electrons. The second-order valence-corrected chi connectivity index (χ2v) is 7.17. The molecule has 1 heterocycles. The highest BCUT2D eigenvalue weighted by molar-refractivity contribution is 5.68. The largest absolute Gasteiger partial charge is 0.491 e. The van der Waals surface area contributed by atoms with Crippen molar-refractivity contribution < 1.29 is 14.3 Å². The van der Waals surface area contributed by atoms with Crippen LogP contribution in [-0.2, 0) is 4.74 Å². The van der Waals surface area contributed by atoms with Crippen molar-refractivity contribution >= 4 is 6.09 Å². The van der Waals surface area contributed by atoms with E-state index in [1.54, 1.807) is 4.90 Å². The fourth-order valence-corrected chi connectivity index (χ4v) is 2.52. The van der Waals surface area contributed by atoms with Crippen molar-refractivity contribution in [1.29, 1.82) is 0 Å². The molecule has 1 amide bonds. The third-order valence-corrected chi connectivity index (χ3v) is 3.48. The molecular weight excluding hydrogens is 292 g/mol. The fourth-order valence-electron chi connectivity index (χ4n) is 2.52. The Balaban J connectivity index is 1.99. The number of hydrogen-bond acceptors (Lipinski definition) is 4. The van der Waals surface area contributed by atoms with Crippen LogP contribution >= 0.6 is 0 Å². The molecule has 1 fully saturated rings. The van der Waals surface area contributed by atoms with Gasteiger partial charge in [0, 0.05) is 19.6 Å². The van der Waals surface area contributed by atoms with Gasteiger partial charge in [-0.3, -0.25) is 0 Å². The lowest BCUT2D eigenvalue weighted by molar-refractivity contribution is 0.0195. The van der Waals surface area contributed by atoms with Crippen molar-refractivity contribution in [3.05, 3.63) is 29.8 Å². The average Bonchev–Trinajstić information content (AvgIpc) is 2.46. The number of ether oxygens (including phenoxy) is 2. The molecular formula is C18H28N2O3. The minimum absolute atomic E-state index is 0.115. The lowest BCUT2D eigenvalue weighted by Crippen LogP contribution is -2.49. The normalized spacial score (nSPS) is 18.9. The molecule has 1 aliphatic rings. The third kappa shape index (κ3) is 5.43. The van der Waals surface area contributed by atoms with Crippen molar-refractivity contribution in [3.63, 3.8) is 0 Å². The van der Waals surface area contributed by atoms with E-state index in [-0.39, 0.29) is 18.2 Å². The molecule has 128 valence electrons. The third-order valence-electron chi connectivity index (χ3n) is 3.48. The maximum atomic E-state index is 12.2. The topological polar surface area (TPSA) is 50.8 Å². The van der Waals surface area contributed by atoms with Gasteiger partial charge < -0.3 is 19.7 Å². The van der Waals surface area contributed by atoms with Gasteiger partial charge in [0.2, 0.25) is 0 Å². The zero-order valence-electron chi connectivity index (χ0n) is 14.8. The molecule has 1 aliphatic heterocycles. The number of nitrogens with zero attached hydrogens (tertiary/aromatic N) is 1. The number of hydrogen-bond donors (Lipinski definition) is 1. The second kappa shape index (κ2) is 7.21.